The van der Waals surface area contributed by atoms with Crippen LogP contribution in [0.15, 0.2) is 24.3 Å². The molecule has 2 heterocycles. The second-order valence-corrected chi connectivity index (χ2v) is 7.95. The summed E-state index contributed by atoms with van der Waals surface area (Å²) >= 11 is 7.20. The second-order valence-electron chi connectivity index (χ2n) is 6.53. The highest BCUT2D eigenvalue weighted by Crippen LogP contribution is 2.26. The Hall–Kier alpha value is -2.71. The van der Waals surface area contributed by atoms with E-state index in [0.717, 1.165) is 28.9 Å². The maximum absolute atomic E-state index is 12.4. The normalized spacial score (nSPS) is 10.8. The van der Waals surface area contributed by atoms with E-state index < -0.39 is 5.97 Å². The second kappa shape index (κ2) is 8.75. The Bertz CT molecular complexity index is 1060. The summed E-state index contributed by atoms with van der Waals surface area (Å²) in [6.07, 6.45) is 0.728. The largest absolute Gasteiger partial charge is 0.468 e. The Morgan fingerprint density at radius 1 is 1.17 bits per heavy atom. The van der Waals surface area contributed by atoms with Crippen molar-refractivity contribution in [2.45, 2.75) is 27.2 Å². The number of methoxy groups -OCH3 is 1. The van der Waals surface area contributed by atoms with Crippen LogP contribution in [0.4, 0.5) is 0 Å². The molecule has 3 rings (SSSR count). The number of thiazole rings is 1. The van der Waals surface area contributed by atoms with Gasteiger partial charge < -0.3 is 10.1 Å². The van der Waals surface area contributed by atoms with E-state index in [1.165, 1.54) is 18.4 Å². The van der Waals surface area contributed by atoms with Gasteiger partial charge in [0.05, 0.1) is 18.5 Å². The average molecular weight is 433 g/mol. The molecule has 3 aromatic rings. The third-order valence-corrected chi connectivity index (χ3v) is 5.91. The van der Waals surface area contributed by atoms with Crippen molar-refractivity contribution in [3.63, 3.8) is 0 Å². The highest BCUT2D eigenvalue weighted by molar-refractivity contribution is 7.16. The lowest BCUT2D eigenvalue weighted by molar-refractivity contribution is -0.139. The fourth-order valence-corrected chi connectivity index (χ4v) is 4.03. The quantitative estimate of drug-likeness (QED) is 0.603. The number of carbonyl (C=O) groups is 2. The highest BCUT2D eigenvalue weighted by Gasteiger charge is 2.20. The number of ether oxygens (including phenoxy) is 1. The van der Waals surface area contributed by atoms with Gasteiger partial charge >= 0.3 is 5.97 Å². The van der Waals surface area contributed by atoms with Gasteiger partial charge in [0.1, 0.15) is 11.4 Å². The zero-order valence-corrected chi connectivity index (χ0v) is 18.1. The number of nitrogens with one attached hydrogen (secondary N) is 1. The zero-order valence-electron chi connectivity index (χ0n) is 16.6. The Kier molecular flexibility index (Phi) is 6.34. The monoisotopic (exact) mass is 432 g/mol. The first kappa shape index (κ1) is 21.0. The lowest BCUT2D eigenvalue weighted by Crippen LogP contribution is -2.29. The standard InChI is InChI=1S/C20H21ClN4O3S/c1-11-16(9-14-5-7-15(21)8-6-14)13(3)25(24-11)20-23-12(2)18(29-20)19(27)22-10-17(26)28-4/h5-8H,9-10H2,1-4H3,(H,22,27). The number of amides is 1. The summed E-state index contributed by atoms with van der Waals surface area (Å²) in [6.45, 7) is 5.51. The van der Waals surface area contributed by atoms with Gasteiger partial charge in [0, 0.05) is 22.7 Å². The number of hydrogen-bond acceptors (Lipinski definition) is 6. The Morgan fingerprint density at radius 3 is 2.52 bits per heavy atom. The van der Waals surface area contributed by atoms with Crippen LogP contribution < -0.4 is 5.32 Å². The van der Waals surface area contributed by atoms with Crippen molar-refractivity contribution in [1.29, 1.82) is 0 Å². The smallest absolute Gasteiger partial charge is 0.325 e. The summed E-state index contributed by atoms with van der Waals surface area (Å²) < 4.78 is 6.30. The van der Waals surface area contributed by atoms with E-state index in [1.807, 2.05) is 38.1 Å². The number of hydrogen-bond donors (Lipinski definition) is 1. The first-order valence-electron chi connectivity index (χ1n) is 8.92. The van der Waals surface area contributed by atoms with E-state index in [4.69, 9.17) is 11.6 Å². The minimum atomic E-state index is -0.508. The molecule has 1 aromatic carbocycles. The molecule has 0 fully saturated rings. The fourth-order valence-electron chi connectivity index (χ4n) is 2.91. The molecule has 0 spiro atoms. The van der Waals surface area contributed by atoms with Gasteiger partial charge in [-0.3, -0.25) is 9.59 Å². The molecule has 152 valence electrons. The van der Waals surface area contributed by atoms with Gasteiger partial charge in [-0.15, -0.1) is 0 Å². The minimum absolute atomic E-state index is 0.187. The van der Waals surface area contributed by atoms with Crippen molar-refractivity contribution in [3.05, 3.63) is 62.4 Å². The molecule has 0 saturated carbocycles. The van der Waals surface area contributed by atoms with E-state index in [1.54, 1.807) is 11.6 Å². The number of aromatic nitrogens is 3. The van der Waals surface area contributed by atoms with Crippen molar-refractivity contribution in [1.82, 2.24) is 20.1 Å². The summed E-state index contributed by atoms with van der Waals surface area (Å²) in [7, 11) is 1.27. The van der Waals surface area contributed by atoms with Crippen molar-refractivity contribution in [2.75, 3.05) is 13.7 Å². The molecule has 7 nitrogen and oxygen atoms in total. The molecule has 2 aromatic heterocycles. The topological polar surface area (TPSA) is 86.1 Å². The van der Waals surface area contributed by atoms with Gasteiger partial charge in [-0.1, -0.05) is 35.1 Å². The van der Waals surface area contributed by atoms with Gasteiger partial charge in [-0.05, 0) is 38.5 Å². The molecule has 1 amide bonds. The van der Waals surface area contributed by atoms with Gasteiger partial charge in [0.15, 0.2) is 0 Å². The van der Waals surface area contributed by atoms with Crippen molar-refractivity contribution in [2.24, 2.45) is 0 Å². The fraction of sp³-hybridized carbons (Fsp3) is 0.300. The number of aryl methyl sites for hydroxylation is 2. The number of esters is 1. The van der Waals surface area contributed by atoms with E-state index in [2.05, 4.69) is 20.1 Å². The molecule has 0 unspecified atom stereocenters. The molecular weight excluding hydrogens is 412 g/mol. The number of benzene rings is 1. The number of nitrogens with zero attached hydrogens (tertiary/aromatic N) is 3. The lowest BCUT2D eigenvalue weighted by Gasteiger charge is -2.04. The summed E-state index contributed by atoms with van der Waals surface area (Å²) in [5.74, 6) is -0.870. The van der Waals surface area contributed by atoms with Crippen LogP contribution in [-0.4, -0.2) is 40.3 Å². The molecule has 0 aliphatic carbocycles. The molecule has 0 aliphatic rings. The summed E-state index contributed by atoms with van der Waals surface area (Å²) in [5, 5.41) is 8.48. The predicted octanol–water partition coefficient (Wildman–Crippen LogP) is 3.40. The molecule has 29 heavy (non-hydrogen) atoms. The van der Waals surface area contributed by atoms with E-state index in [9.17, 15) is 9.59 Å². The van der Waals surface area contributed by atoms with E-state index >= 15 is 0 Å². The summed E-state index contributed by atoms with van der Waals surface area (Å²) in [4.78, 5) is 28.6. The molecular formula is C20H21ClN4O3S. The third kappa shape index (κ3) is 4.65. The Balaban J connectivity index is 1.85. The maximum atomic E-state index is 12.4. The van der Waals surface area contributed by atoms with Crippen LogP contribution >= 0.6 is 22.9 Å². The van der Waals surface area contributed by atoms with Gasteiger partial charge in [-0.25, -0.2) is 9.67 Å². The lowest BCUT2D eigenvalue weighted by atomic mass is 10.0. The van der Waals surface area contributed by atoms with Gasteiger partial charge in [0.2, 0.25) is 5.13 Å². The van der Waals surface area contributed by atoms with Crippen molar-refractivity contribution >= 4 is 34.8 Å². The van der Waals surface area contributed by atoms with E-state index in [-0.39, 0.29) is 12.5 Å². The number of carbonyl (C=O) groups excluding carboxylic acids is 2. The minimum Gasteiger partial charge on any atom is -0.468 e. The van der Waals surface area contributed by atoms with Gasteiger partial charge in [0.25, 0.3) is 5.91 Å². The van der Waals surface area contributed by atoms with Crippen LogP contribution in [0.1, 0.15) is 37.9 Å². The van der Waals surface area contributed by atoms with Crippen LogP contribution in [-0.2, 0) is 16.0 Å². The summed E-state index contributed by atoms with van der Waals surface area (Å²) in [6, 6.07) is 7.73. The SMILES string of the molecule is COC(=O)CNC(=O)c1sc(-n2nc(C)c(Cc3ccc(Cl)cc3)c2C)nc1C. The van der Waals surface area contributed by atoms with Crippen LogP contribution in [0.5, 0.6) is 0 Å². The van der Waals surface area contributed by atoms with Crippen molar-refractivity contribution in [3.8, 4) is 5.13 Å². The number of halogens is 1. The highest BCUT2D eigenvalue weighted by atomic mass is 35.5. The zero-order chi connectivity index (χ0) is 21.1. The molecule has 0 bridgehead atoms. The number of rotatable bonds is 6. The van der Waals surface area contributed by atoms with E-state index in [0.29, 0.717) is 20.7 Å². The molecule has 0 aliphatic heterocycles. The van der Waals surface area contributed by atoms with Gasteiger partial charge in [-0.2, -0.15) is 5.10 Å². The van der Waals surface area contributed by atoms with Crippen LogP contribution in [0.25, 0.3) is 5.13 Å². The third-order valence-electron chi connectivity index (χ3n) is 4.53. The van der Waals surface area contributed by atoms with Crippen LogP contribution in [0.3, 0.4) is 0 Å². The summed E-state index contributed by atoms with van der Waals surface area (Å²) in [5.41, 5.74) is 4.70. The molecule has 1 N–H and O–H groups in total. The predicted molar refractivity (Wildman–Crippen MR) is 112 cm³/mol. The molecule has 0 saturated heterocycles. The Morgan fingerprint density at radius 2 is 1.86 bits per heavy atom. The Labute approximate surface area is 177 Å². The van der Waals surface area contributed by atoms with Crippen LogP contribution in [0, 0.1) is 20.8 Å². The first-order valence-corrected chi connectivity index (χ1v) is 10.1. The molecule has 0 radical (unpaired) electrons. The van der Waals surface area contributed by atoms with Crippen molar-refractivity contribution < 1.29 is 14.3 Å². The average Bonchev–Trinajstić information content (AvgIpc) is 3.22. The molecule has 0 atom stereocenters. The van der Waals surface area contributed by atoms with Crippen LogP contribution in [0.2, 0.25) is 5.02 Å². The maximum Gasteiger partial charge on any atom is 0.325 e. The first-order chi connectivity index (χ1) is 13.8. The molecule has 9 heteroatoms.